The van der Waals surface area contributed by atoms with Gasteiger partial charge in [0.25, 0.3) is 0 Å². The van der Waals surface area contributed by atoms with Crippen LogP contribution >= 0.6 is 30.2 Å². The minimum absolute atomic E-state index is 0.0209. The summed E-state index contributed by atoms with van der Waals surface area (Å²) < 4.78 is 14.0. The van der Waals surface area contributed by atoms with Gasteiger partial charge in [-0.2, -0.15) is 0 Å². The highest BCUT2D eigenvalue weighted by atomic mass is 127. The Morgan fingerprint density at radius 3 is 2.44 bits per heavy atom. The van der Waals surface area contributed by atoms with E-state index in [2.05, 4.69) is 61.8 Å². The summed E-state index contributed by atoms with van der Waals surface area (Å²) in [6.45, 7) is 0. The Bertz CT molecular complexity index is 994. The van der Waals surface area contributed by atoms with Crippen LogP contribution < -0.4 is 0 Å². The third-order valence-corrected chi connectivity index (χ3v) is 7.06. The van der Waals surface area contributed by atoms with E-state index in [1.165, 1.54) is 5.56 Å². The Morgan fingerprint density at radius 2 is 1.78 bits per heavy atom. The fourth-order valence-corrected chi connectivity index (χ4v) is 5.46. The predicted octanol–water partition coefficient (Wildman–Crippen LogP) is 3.87. The normalized spacial score (nSPS) is 20.9. The highest BCUT2D eigenvalue weighted by Gasteiger charge is 2.27. The van der Waals surface area contributed by atoms with Crippen LogP contribution in [0.3, 0.4) is 0 Å². The van der Waals surface area contributed by atoms with Crippen LogP contribution in [-0.4, -0.2) is 35.5 Å². The molecule has 1 saturated carbocycles. The fraction of sp³-hybridized carbons (Fsp3) is 0.389. The molecule has 1 aliphatic rings. The highest BCUT2D eigenvalue weighted by Crippen LogP contribution is 2.44. The van der Waals surface area contributed by atoms with Gasteiger partial charge in [0, 0.05) is 5.69 Å². The molecule has 0 amide bonds. The molecule has 0 radical (unpaired) electrons. The summed E-state index contributed by atoms with van der Waals surface area (Å²) in [5.41, 5.74) is 3.87. The molecule has 1 aliphatic carbocycles. The molecular formula is C18H20IN4O3P. The smallest absolute Gasteiger partial charge is 0.324 e. The van der Waals surface area contributed by atoms with Gasteiger partial charge in [-0.05, 0) is 77.8 Å². The maximum absolute atomic E-state index is 11.2. The van der Waals surface area contributed by atoms with Gasteiger partial charge < -0.3 is 9.79 Å². The summed E-state index contributed by atoms with van der Waals surface area (Å²) in [6.07, 6.45) is 7.04. The number of fused-ring (bicyclic) bond motifs is 1. The first-order valence-corrected chi connectivity index (χ1v) is 11.8. The highest BCUT2D eigenvalue weighted by molar-refractivity contribution is 14.1. The van der Waals surface area contributed by atoms with E-state index in [4.69, 9.17) is 9.79 Å². The van der Waals surface area contributed by atoms with Crippen molar-refractivity contribution in [2.24, 2.45) is 5.92 Å². The second-order valence-corrected chi connectivity index (χ2v) is 9.82. The second kappa shape index (κ2) is 7.58. The van der Waals surface area contributed by atoms with Crippen molar-refractivity contribution in [3.8, 4) is 5.69 Å². The van der Waals surface area contributed by atoms with E-state index in [0.717, 1.165) is 46.2 Å². The van der Waals surface area contributed by atoms with Crippen molar-refractivity contribution in [1.82, 2.24) is 19.5 Å². The van der Waals surface area contributed by atoms with Crippen LogP contribution in [0, 0.1) is 9.62 Å². The first kappa shape index (κ1) is 19.0. The number of aromatic nitrogens is 4. The lowest BCUT2D eigenvalue weighted by Crippen LogP contribution is -2.16. The molecule has 4 rings (SSSR count). The third kappa shape index (κ3) is 4.23. The molecule has 0 unspecified atom stereocenters. The lowest BCUT2D eigenvalue weighted by atomic mass is 9.79. The van der Waals surface area contributed by atoms with Crippen LogP contribution in [0.25, 0.3) is 16.9 Å². The molecule has 3 aromatic rings. The molecule has 2 aromatic heterocycles. The monoisotopic (exact) mass is 498 g/mol. The van der Waals surface area contributed by atoms with E-state index in [1.807, 2.05) is 4.57 Å². The van der Waals surface area contributed by atoms with Crippen LogP contribution in [0.1, 0.15) is 37.2 Å². The zero-order chi connectivity index (χ0) is 19.0. The van der Waals surface area contributed by atoms with Gasteiger partial charge in [0.2, 0.25) is 0 Å². The minimum Gasteiger partial charge on any atom is -0.324 e. The van der Waals surface area contributed by atoms with E-state index < -0.39 is 7.60 Å². The molecule has 142 valence electrons. The Kier molecular flexibility index (Phi) is 5.33. The molecule has 0 atom stereocenters. The van der Waals surface area contributed by atoms with Crippen molar-refractivity contribution in [1.29, 1.82) is 0 Å². The summed E-state index contributed by atoms with van der Waals surface area (Å²) in [6, 6.07) is 8.43. The van der Waals surface area contributed by atoms with Crippen molar-refractivity contribution in [3.63, 3.8) is 0 Å². The Hall–Kier alpha value is -1.35. The topological polar surface area (TPSA) is 101 Å². The van der Waals surface area contributed by atoms with Crippen molar-refractivity contribution >= 4 is 41.4 Å². The number of imidazole rings is 1. The standard InChI is InChI=1S/C18H20IN4O3P/c19-17-16-18(21-10-20-17)23(11-22-16)15-7-5-14(6-8-15)13-3-1-12(2-4-13)9-27(24,25)26/h5-8,10-13H,1-4,9H2,(H2,24,25,26)/t12-,13-. The average Bonchev–Trinajstić information content (AvgIpc) is 3.07. The molecule has 1 fully saturated rings. The van der Waals surface area contributed by atoms with Gasteiger partial charge in [0.15, 0.2) is 5.65 Å². The van der Waals surface area contributed by atoms with Crippen LogP contribution in [0.2, 0.25) is 0 Å². The molecule has 2 heterocycles. The van der Waals surface area contributed by atoms with Crippen molar-refractivity contribution in [3.05, 3.63) is 46.2 Å². The van der Waals surface area contributed by atoms with E-state index in [9.17, 15) is 4.57 Å². The summed E-state index contributed by atoms with van der Waals surface area (Å²) in [5.74, 6) is 0.593. The van der Waals surface area contributed by atoms with Crippen LogP contribution in [0.5, 0.6) is 0 Å². The van der Waals surface area contributed by atoms with E-state index in [0.29, 0.717) is 5.92 Å². The zero-order valence-electron chi connectivity index (χ0n) is 14.6. The molecule has 0 spiro atoms. The lowest BCUT2D eigenvalue weighted by molar-refractivity contribution is 0.316. The third-order valence-electron chi connectivity index (χ3n) is 5.27. The average molecular weight is 498 g/mol. The van der Waals surface area contributed by atoms with Crippen LogP contribution in [-0.2, 0) is 4.57 Å². The summed E-state index contributed by atoms with van der Waals surface area (Å²) >= 11 is 2.16. The molecule has 1 aromatic carbocycles. The predicted molar refractivity (Wildman–Crippen MR) is 111 cm³/mol. The van der Waals surface area contributed by atoms with Gasteiger partial charge >= 0.3 is 7.60 Å². The Morgan fingerprint density at radius 1 is 1.07 bits per heavy atom. The van der Waals surface area contributed by atoms with Gasteiger partial charge in [-0.25, -0.2) is 15.0 Å². The zero-order valence-corrected chi connectivity index (χ0v) is 17.6. The maximum atomic E-state index is 11.2. The molecule has 27 heavy (non-hydrogen) atoms. The lowest BCUT2D eigenvalue weighted by Gasteiger charge is -2.29. The van der Waals surface area contributed by atoms with Gasteiger partial charge in [-0.3, -0.25) is 9.13 Å². The van der Waals surface area contributed by atoms with Gasteiger partial charge in [0.1, 0.15) is 21.9 Å². The molecule has 7 nitrogen and oxygen atoms in total. The number of hydrogen-bond acceptors (Lipinski definition) is 4. The number of benzene rings is 1. The molecule has 0 bridgehead atoms. The van der Waals surface area contributed by atoms with Gasteiger partial charge in [-0.15, -0.1) is 0 Å². The Labute approximate surface area is 170 Å². The summed E-state index contributed by atoms with van der Waals surface area (Å²) in [7, 11) is -3.90. The molecule has 0 saturated heterocycles. The quantitative estimate of drug-likeness (QED) is 0.322. The number of nitrogens with zero attached hydrogens (tertiary/aromatic N) is 4. The Balaban J connectivity index is 1.48. The van der Waals surface area contributed by atoms with Crippen molar-refractivity contribution in [2.75, 3.05) is 6.16 Å². The van der Waals surface area contributed by atoms with E-state index >= 15 is 0 Å². The first-order chi connectivity index (χ1) is 12.9. The van der Waals surface area contributed by atoms with Crippen LogP contribution in [0.4, 0.5) is 0 Å². The largest absolute Gasteiger partial charge is 0.325 e. The van der Waals surface area contributed by atoms with Gasteiger partial charge in [-0.1, -0.05) is 12.1 Å². The second-order valence-electron chi connectivity index (χ2n) is 7.11. The molecule has 2 N–H and O–H groups in total. The van der Waals surface area contributed by atoms with Gasteiger partial charge in [0.05, 0.1) is 6.16 Å². The fourth-order valence-electron chi connectivity index (χ4n) is 3.92. The summed E-state index contributed by atoms with van der Waals surface area (Å²) in [5, 5.41) is 0. The van der Waals surface area contributed by atoms with Crippen molar-refractivity contribution < 1.29 is 14.4 Å². The number of rotatable bonds is 4. The molecular weight excluding hydrogens is 478 g/mol. The van der Waals surface area contributed by atoms with Crippen LogP contribution in [0.15, 0.2) is 36.9 Å². The SMILES string of the molecule is O=P(O)(O)C[C@H]1CC[C@H](c2ccc(-n3cnc4c(I)ncnc43)cc2)CC1. The van der Waals surface area contributed by atoms with E-state index in [1.54, 1.807) is 12.7 Å². The molecule has 0 aliphatic heterocycles. The minimum atomic E-state index is -3.90. The van der Waals surface area contributed by atoms with Crippen molar-refractivity contribution in [2.45, 2.75) is 31.6 Å². The first-order valence-electron chi connectivity index (χ1n) is 8.89. The van der Waals surface area contributed by atoms with E-state index in [-0.39, 0.29) is 12.1 Å². The molecule has 9 heteroatoms. The number of halogens is 1. The maximum Gasteiger partial charge on any atom is 0.325 e. The number of hydrogen-bond donors (Lipinski definition) is 2. The summed E-state index contributed by atoms with van der Waals surface area (Å²) in [4.78, 5) is 31.2.